The normalized spacial score (nSPS) is 19.3. The van der Waals surface area contributed by atoms with Gasteiger partial charge in [0, 0.05) is 37.6 Å². The summed E-state index contributed by atoms with van der Waals surface area (Å²) in [5.74, 6) is 0.557. The van der Waals surface area contributed by atoms with Gasteiger partial charge in [0.25, 0.3) is 0 Å². The van der Waals surface area contributed by atoms with E-state index in [-0.39, 0.29) is 6.04 Å². The van der Waals surface area contributed by atoms with Crippen molar-refractivity contribution in [3.8, 4) is 5.75 Å². The van der Waals surface area contributed by atoms with Crippen LogP contribution in [0.4, 0.5) is 0 Å². The summed E-state index contributed by atoms with van der Waals surface area (Å²) in [6.45, 7) is 1.30. The van der Waals surface area contributed by atoms with E-state index in [0.717, 1.165) is 32.2 Å². The molecule has 0 N–H and O–H groups in total. The molecule has 130 valence electrons. The zero-order chi connectivity index (χ0) is 17.0. The summed E-state index contributed by atoms with van der Waals surface area (Å²) in [6.07, 6.45) is 7.28. The van der Waals surface area contributed by atoms with Gasteiger partial charge in [-0.15, -0.1) is 0 Å². The van der Waals surface area contributed by atoms with E-state index >= 15 is 0 Å². The van der Waals surface area contributed by atoms with E-state index in [4.69, 9.17) is 4.74 Å². The highest BCUT2D eigenvalue weighted by molar-refractivity contribution is 7.89. The number of piperidine rings is 1. The lowest BCUT2D eigenvalue weighted by Crippen LogP contribution is -2.44. The molecule has 0 amide bonds. The first-order valence-electron chi connectivity index (χ1n) is 8.24. The molecule has 1 aromatic carbocycles. The molecule has 0 saturated carbocycles. The van der Waals surface area contributed by atoms with Gasteiger partial charge >= 0.3 is 0 Å². The predicted octanol–water partition coefficient (Wildman–Crippen LogP) is 2.53. The Kier molecular flexibility index (Phi) is 5.20. The maximum Gasteiger partial charge on any atom is 0.243 e. The van der Waals surface area contributed by atoms with Crippen LogP contribution in [0, 0.1) is 0 Å². The summed E-state index contributed by atoms with van der Waals surface area (Å²) in [5, 5.41) is 4.20. The molecule has 0 bridgehead atoms. The molecule has 0 aliphatic carbocycles. The third kappa shape index (κ3) is 3.62. The maximum absolute atomic E-state index is 13.1. The summed E-state index contributed by atoms with van der Waals surface area (Å²) in [6, 6.07) is 8.59. The van der Waals surface area contributed by atoms with Gasteiger partial charge in [0.1, 0.15) is 5.75 Å². The molecule has 7 heteroatoms. The standard InChI is InChI=1S/C17H23N3O3S/c1-23-16-7-4-8-17(14-16)24(21,22)20-12-3-2-6-15(20)9-13-19-11-5-10-18-19/h4-5,7-8,10-11,14-15H,2-3,6,9,12-13H2,1H3/t15-/m1/s1. The van der Waals surface area contributed by atoms with Crippen LogP contribution in [0.2, 0.25) is 0 Å². The van der Waals surface area contributed by atoms with Crippen LogP contribution in [0.15, 0.2) is 47.6 Å². The number of ether oxygens (including phenoxy) is 1. The van der Waals surface area contributed by atoms with Gasteiger partial charge < -0.3 is 4.74 Å². The SMILES string of the molecule is COc1cccc(S(=O)(=O)N2CCCC[C@@H]2CCn2cccn2)c1. The Balaban J connectivity index is 1.80. The number of hydrogen-bond acceptors (Lipinski definition) is 4. The summed E-state index contributed by atoms with van der Waals surface area (Å²) in [5.41, 5.74) is 0. The second kappa shape index (κ2) is 7.36. The Hall–Kier alpha value is -1.86. The molecule has 6 nitrogen and oxygen atoms in total. The Bertz CT molecular complexity index is 759. The van der Waals surface area contributed by atoms with Gasteiger partial charge in [-0.25, -0.2) is 8.42 Å². The monoisotopic (exact) mass is 349 g/mol. The van der Waals surface area contributed by atoms with Crippen molar-refractivity contribution in [3.63, 3.8) is 0 Å². The van der Waals surface area contributed by atoms with Gasteiger partial charge in [0.05, 0.1) is 12.0 Å². The number of nitrogens with zero attached hydrogens (tertiary/aromatic N) is 3. The first-order valence-corrected chi connectivity index (χ1v) is 9.68. The molecule has 2 aromatic rings. The molecular formula is C17H23N3O3S. The number of rotatable bonds is 6. The number of sulfonamides is 1. The molecule has 1 atom stereocenters. The fourth-order valence-electron chi connectivity index (χ4n) is 3.19. The Morgan fingerprint density at radius 3 is 2.92 bits per heavy atom. The van der Waals surface area contributed by atoms with E-state index in [2.05, 4.69) is 5.10 Å². The van der Waals surface area contributed by atoms with Crippen LogP contribution in [0.25, 0.3) is 0 Å². The highest BCUT2D eigenvalue weighted by Crippen LogP contribution is 2.28. The highest BCUT2D eigenvalue weighted by atomic mass is 32.2. The molecule has 0 unspecified atom stereocenters. The average Bonchev–Trinajstić information content (AvgIpc) is 3.14. The molecule has 1 aliphatic heterocycles. The molecule has 24 heavy (non-hydrogen) atoms. The van der Waals surface area contributed by atoms with Crippen LogP contribution < -0.4 is 4.74 Å². The lowest BCUT2D eigenvalue weighted by Gasteiger charge is -2.34. The van der Waals surface area contributed by atoms with Crippen molar-refractivity contribution in [2.45, 2.75) is 43.2 Å². The van der Waals surface area contributed by atoms with Gasteiger partial charge in [-0.3, -0.25) is 4.68 Å². The van der Waals surface area contributed by atoms with Crippen molar-refractivity contribution in [3.05, 3.63) is 42.7 Å². The summed E-state index contributed by atoms with van der Waals surface area (Å²) >= 11 is 0. The van der Waals surface area contributed by atoms with Crippen LogP contribution in [-0.4, -0.2) is 42.2 Å². The molecule has 1 fully saturated rings. The zero-order valence-corrected chi connectivity index (χ0v) is 14.7. The predicted molar refractivity (Wildman–Crippen MR) is 91.4 cm³/mol. The molecule has 0 radical (unpaired) electrons. The second-order valence-electron chi connectivity index (χ2n) is 6.00. The number of aryl methyl sites for hydroxylation is 1. The first kappa shape index (κ1) is 17.0. The molecular weight excluding hydrogens is 326 g/mol. The number of benzene rings is 1. The van der Waals surface area contributed by atoms with E-state index in [1.54, 1.807) is 41.9 Å². The number of hydrogen-bond donors (Lipinski definition) is 0. The van der Waals surface area contributed by atoms with Gasteiger partial charge in [0.15, 0.2) is 0 Å². The Morgan fingerprint density at radius 2 is 2.17 bits per heavy atom. The molecule has 1 aromatic heterocycles. The van der Waals surface area contributed by atoms with E-state index < -0.39 is 10.0 Å². The average molecular weight is 349 g/mol. The van der Waals surface area contributed by atoms with Crippen LogP contribution >= 0.6 is 0 Å². The van der Waals surface area contributed by atoms with Gasteiger partial charge in [-0.05, 0) is 37.5 Å². The maximum atomic E-state index is 13.1. The van der Waals surface area contributed by atoms with Crippen LogP contribution in [0.3, 0.4) is 0 Å². The minimum absolute atomic E-state index is 0.0131. The Morgan fingerprint density at radius 1 is 1.29 bits per heavy atom. The zero-order valence-electron chi connectivity index (χ0n) is 13.8. The minimum Gasteiger partial charge on any atom is -0.497 e. The quantitative estimate of drug-likeness (QED) is 0.804. The first-order chi connectivity index (χ1) is 11.6. The fourth-order valence-corrected chi connectivity index (χ4v) is 4.95. The Labute approximate surface area is 143 Å². The fraction of sp³-hybridized carbons (Fsp3) is 0.471. The van der Waals surface area contributed by atoms with Gasteiger partial charge in [0.2, 0.25) is 10.0 Å². The largest absolute Gasteiger partial charge is 0.497 e. The van der Waals surface area contributed by atoms with Crippen molar-refractivity contribution in [1.29, 1.82) is 0 Å². The summed E-state index contributed by atoms with van der Waals surface area (Å²) < 4.78 is 34.8. The van der Waals surface area contributed by atoms with Crippen LogP contribution in [0.5, 0.6) is 5.75 Å². The molecule has 1 aliphatic rings. The van der Waals surface area contributed by atoms with E-state index in [0.29, 0.717) is 17.2 Å². The third-order valence-electron chi connectivity index (χ3n) is 4.47. The second-order valence-corrected chi connectivity index (χ2v) is 7.89. The van der Waals surface area contributed by atoms with Crippen molar-refractivity contribution in [2.75, 3.05) is 13.7 Å². The topological polar surface area (TPSA) is 64.4 Å². The highest BCUT2D eigenvalue weighted by Gasteiger charge is 2.33. The summed E-state index contributed by atoms with van der Waals surface area (Å²) in [4.78, 5) is 0.299. The summed E-state index contributed by atoms with van der Waals surface area (Å²) in [7, 11) is -1.97. The molecule has 0 spiro atoms. The molecule has 3 rings (SSSR count). The van der Waals surface area contributed by atoms with Gasteiger partial charge in [-0.1, -0.05) is 12.5 Å². The van der Waals surface area contributed by atoms with Crippen molar-refractivity contribution in [2.24, 2.45) is 0 Å². The van der Waals surface area contributed by atoms with Crippen LogP contribution in [0.1, 0.15) is 25.7 Å². The minimum atomic E-state index is -3.51. The molecule has 2 heterocycles. The van der Waals surface area contributed by atoms with E-state index in [1.807, 2.05) is 16.9 Å². The third-order valence-corrected chi connectivity index (χ3v) is 6.42. The lowest BCUT2D eigenvalue weighted by molar-refractivity contribution is 0.231. The number of methoxy groups -OCH3 is 1. The van der Waals surface area contributed by atoms with Crippen molar-refractivity contribution in [1.82, 2.24) is 14.1 Å². The lowest BCUT2D eigenvalue weighted by atomic mass is 10.0. The van der Waals surface area contributed by atoms with Crippen LogP contribution in [-0.2, 0) is 16.6 Å². The van der Waals surface area contributed by atoms with Crippen molar-refractivity contribution < 1.29 is 13.2 Å². The molecule has 1 saturated heterocycles. The van der Waals surface area contributed by atoms with Gasteiger partial charge in [-0.2, -0.15) is 9.40 Å². The number of aromatic nitrogens is 2. The van der Waals surface area contributed by atoms with Crippen molar-refractivity contribution >= 4 is 10.0 Å². The van der Waals surface area contributed by atoms with E-state index in [1.165, 1.54) is 0 Å². The smallest absolute Gasteiger partial charge is 0.243 e. The van der Waals surface area contributed by atoms with E-state index in [9.17, 15) is 8.42 Å².